The Morgan fingerprint density at radius 1 is 1.35 bits per heavy atom. The van der Waals surface area contributed by atoms with Crippen molar-refractivity contribution in [3.8, 4) is 5.75 Å². The first-order valence-electron chi connectivity index (χ1n) is 6.04. The molecule has 1 aromatic carbocycles. The minimum Gasteiger partial charge on any atom is -0.497 e. The summed E-state index contributed by atoms with van der Waals surface area (Å²) in [5.41, 5.74) is 4.47. The molecule has 0 spiro atoms. The maximum absolute atomic E-state index is 6.16. The number of pyridine rings is 1. The highest BCUT2D eigenvalue weighted by Crippen LogP contribution is 2.26. The molecule has 1 aromatic heterocycles. The van der Waals surface area contributed by atoms with Gasteiger partial charge in [0.05, 0.1) is 28.9 Å². The van der Waals surface area contributed by atoms with Crippen molar-refractivity contribution in [2.45, 2.75) is 12.5 Å². The van der Waals surface area contributed by atoms with E-state index in [9.17, 15) is 0 Å². The quantitative estimate of drug-likeness (QED) is 0.658. The van der Waals surface area contributed by atoms with Crippen LogP contribution in [0.1, 0.15) is 17.3 Å². The number of hydrogen-bond acceptors (Lipinski definition) is 4. The van der Waals surface area contributed by atoms with Gasteiger partial charge in [0.15, 0.2) is 0 Å². The summed E-state index contributed by atoms with van der Waals surface area (Å²) in [5, 5.41) is 0.985. The lowest BCUT2D eigenvalue weighted by molar-refractivity contribution is 0.413. The van der Waals surface area contributed by atoms with Gasteiger partial charge < -0.3 is 4.74 Å². The molecule has 0 aliphatic carbocycles. The molecule has 1 heterocycles. The van der Waals surface area contributed by atoms with E-state index in [0.29, 0.717) is 22.2 Å². The molecule has 2 rings (SSSR count). The average Bonchev–Trinajstić information content (AvgIpc) is 2.45. The normalized spacial score (nSPS) is 12.2. The first-order valence-corrected chi connectivity index (χ1v) is 6.79. The van der Waals surface area contributed by atoms with Crippen LogP contribution in [0, 0.1) is 0 Å². The standard InChI is InChI=1S/C14H15Cl2N3O/c1-20-11-4-2-3-9(5-11)6-13(19-17)14-12(16)7-10(15)8-18-14/h2-5,7-8,13,19H,6,17H2,1H3. The first kappa shape index (κ1) is 15.1. The van der Waals surface area contributed by atoms with Crippen LogP contribution in [0.2, 0.25) is 10.0 Å². The maximum atomic E-state index is 6.16. The summed E-state index contributed by atoms with van der Waals surface area (Å²) < 4.78 is 5.20. The molecule has 1 unspecified atom stereocenters. The Morgan fingerprint density at radius 2 is 2.15 bits per heavy atom. The molecule has 2 aromatic rings. The second kappa shape index (κ2) is 6.90. The predicted molar refractivity (Wildman–Crippen MR) is 81.0 cm³/mol. The summed E-state index contributed by atoms with van der Waals surface area (Å²) in [6.45, 7) is 0. The number of nitrogens with two attached hydrogens (primary N) is 1. The topological polar surface area (TPSA) is 60.2 Å². The van der Waals surface area contributed by atoms with E-state index >= 15 is 0 Å². The van der Waals surface area contributed by atoms with Crippen LogP contribution in [-0.4, -0.2) is 12.1 Å². The van der Waals surface area contributed by atoms with E-state index in [1.807, 2.05) is 24.3 Å². The fourth-order valence-corrected chi connectivity index (χ4v) is 2.46. The average molecular weight is 312 g/mol. The summed E-state index contributed by atoms with van der Waals surface area (Å²) in [4.78, 5) is 4.25. The van der Waals surface area contributed by atoms with E-state index in [1.165, 1.54) is 0 Å². The van der Waals surface area contributed by atoms with E-state index in [-0.39, 0.29) is 6.04 Å². The minimum absolute atomic E-state index is 0.202. The van der Waals surface area contributed by atoms with Gasteiger partial charge >= 0.3 is 0 Å². The van der Waals surface area contributed by atoms with Crippen molar-refractivity contribution < 1.29 is 4.74 Å². The molecular formula is C14H15Cl2N3O. The Labute approximate surface area is 127 Å². The smallest absolute Gasteiger partial charge is 0.119 e. The predicted octanol–water partition coefficient (Wildman–Crippen LogP) is 3.14. The largest absolute Gasteiger partial charge is 0.497 e. The summed E-state index contributed by atoms with van der Waals surface area (Å²) in [6, 6.07) is 9.22. The lowest BCUT2D eigenvalue weighted by Crippen LogP contribution is -2.30. The Kier molecular flexibility index (Phi) is 5.20. The van der Waals surface area contributed by atoms with Gasteiger partial charge in [0.1, 0.15) is 5.75 Å². The second-order valence-corrected chi connectivity index (χ2v) is 5.14. The number of benzene rings is 1. The van der Waals surface area contributed by atoms with Gasteiger partial charge in [-0.1, -0.05) is 35.3 Å². The number of aromatic nitrogens is 1. The third kappa shape index (κ3) is 3.61. The van der Waals surface area contributed by atoms with E-state index in [0.717, 1.165) is 11.3 Å². The van der Waals surface area contributed by atoms with Gasteiger partial charge in [-0.05, 0) is 30.2 Å². The van der Waals surface area contributed by atoms with E-state index in [2.05, 4.69) is 10.4 Å². The molecule has 0 aliphatic rings. The third-order valence-corrected chi connectivity index (χ3v) is 3.45. The number of hydrazine groups is 1. The van der Waals surface area contributed by atoms with Crippen LogP contribution >= 0.6 is 23.2 Å². The van der Waals surface area contributed by atoms with Gasteiger partial charge in [-0.3, -0.25) is 16.3 Å². The van der Waals surface area contributed by atoms with Gasteiger partial charge in [0, 0.05) is 6.20 Å². The number of ether oxygens (including phenoxy) is 1. The van der Waals surface area contributed by atoms with Crippen molar-refractivity contribution in [2.24, 2.45) is 5.84 Å². The molecule has 0 radical (unpaired) electrons. The summed E-state index contributed by atoms with van der Waals surface area (Å²) in [5.74, 6) is 6.42. The van der Waals surface area contributed by atoms with Crippen LogP contribution in [0.25, 0.3) is 0 Å². The molecule has 3 N–H and O–H groups in total. The first-order chi connectivity index (χ1) is 9.63. The van der Waals surface area contributed by atoms with E-state index in [4.69, 9.17) is 33.8 Å². The minimum atomic E-state index is -0.202. The monoisotopic (exact) mass is 311 g/mol. The molecule has 0 aliphatic heterocycles. The Morgan fingerprint density at radius 3 is 2.80 bits per heavy atom. The molecule has 106 valence electrons. The molecule has 0 bridgehead atoms. The number of hydrogen-bond donors (Lipinski definition) is 2. The Hall–Kier alpha value is -1.33. The van der Waals surface area contributed by atoms with E-state index < -0.39 is 0 Å². The lowest BCUT2D eigenvalue weighted by atomic mass is 10.0. The number of rotatable bonds is 5. The SMILES string of the molecule is COc1cccc(CC(NN)c2ncc(Cl)cc2Cl)c1. The fourth-order valence-electron chi connectivity index (χ4n) is 1.95. The number of nitrogens with one attached hydrogen (secondary N) is 1. The molecule has 0 saturated heterocycles. The van der Waals surface area contributed by atoms with Crippen molar-refractivity contribution in [1.82, 2.24) is 10.4 Å². The molecule has 0 fully saturated rings. The summed E-state index contributed by atoms with van der Waals surface area (Å²) in [6.07, 6.45) is 2.20. The number of methoxy groups -OCH3 is 1. The third-order valence-electron chi connectivity index (χ3n) is 2.94. The van der Waals surface area contributed by atoms with Crippen molar-refractivity contribution in [2.75, 3.05) is 7.11 Å². The zero-order chi connectivity index (χ0) is 14.5. The van der Waals surface area contributed by atoms with Crippen LogP contribution in [-0.2, 0) is 6.42 Å². The summed E-state index contributed by atoms with van der Waals surface area (Å²) >= 11 is 12.0. The second-order valence-electron chi connectivity index (χ2n) is 4.30. The molecule has 4 nitrogen and oxygen atoms in total. The molecule has 20 heavy (non-hydrogen) atoms. The molecule has 0 amide bonds. The molecule has 0 saturated carbocycles. The highest BCUT2D eigenvalue weighted by Gasteiger charge is 2.16. The molecule has 1 atom stereocenters. The van der Waals surface area contributed by atoms with E-state index in [1.54, 1.807) is 19.4 Å². The van der Waals surface area contributed by atoms with Crippen LogP contribution in [0.15, 0.2) is 36.5 Å². The van der Waals surface area contributed by atoms with Crippen LogP contribution in [0.3, 0.4) is 0 Å². The van der Waals surface area contributed by atoms with Crippen LogP contribution < -0.4 is 16.0 Å². The van der Waals surface area contributed by atoms with Crippen molar-refractivity contribution >= 4 is 23.2 Å². The number of halogens is 2. The van der Waals surface area contributed by atoms with Crippen molar-refractivity contribution in [1.29, 1.82) is 0 Å². The zero-order valence-corrected chi connectivity index (χ0v) is 12.4. The fraction of sp³-hybridized carbons (Fsp3) is 0.214. The molecule has 6 heteroatoms. The van der Waals surface area contributed by atoms with Gasteiger partial charge in [0.25, 0.3) is 0 Å². The molecular weight excluding hydrogens is 297 g/mol. The lowest BCUT2D eigenvalue weighted by Gasteiger charge is -2.17. The highest BCUT2D eigenvalue weighted by molar-refractivity contribution is 6.34. The maximum Gasteiger partial charge on any atom is 0.119 e. The van der Waals surface area contributed by atoms with Gasteiger partial charge in [-0.25, -0.2) is 0 Å². The number of nitrogens with zero attached hydrogens (tertiary/aromatic N) is 1. The van der Waals surface area contributed by atoms with Crippen LogP contribution in [0.5, 0.6) is 5.75 Å². The van der Waals surface area contributed by atoms with Gasteiger partial charge in [-0.2, -0.15) is 0 Å². The zero-order valence-electron chi connectivity index (χ0n) is 10.9. The van der Waals surface area contributed by atoms with Crippen molar-refractivity contribution in [3.05, 3.63) is 57.8 Å². The van der Waals surface area contributed by atoms with Crippen LogP contribution in [0.4, 0.5) is 0 Å². The highest BCUT2D eigenvalue weighted by atomic mass is 35.5. The Bertz CT molecular complexity index is 592. The Balaban J connectivity index is 2.23. The van der Waals surface area contributed by atoms with Crippen molar-refractivity contribution in [3.63, 3.8) is 0 Å². The van der Waals surface area contributed by atoms with Gasteiger partial charge in [0.2, 0.25) is 0 Å². The van der Waals surface area contributed by atoms with Gasteiger partial charge in [-0.15, -0.1) is 0 Å². The summed E-state index contributed by atoms with van der Waals surface area (Å²) in [7, 11) is 1.63.